The average Bonchev–Trinajstić information content (AvgIpc) is 2.26. The van der Waals surface area contributed by atoms with Crippen molar-refractivity contribution < 1.29 is 23.1 Å². The van der Waals surface area contributed by atoms with Gasteiger partial charge >= 0.3 is 12.1 Å². The number of hydrogen-bond acceptors (Lipinski definition) is 2. The first-order valence-corrected chi connectivity index (χ1v) is 6.28. The van der Waals surface area contributed by atoms with Gasteiger partial charge in [-0.25, -0.2) is 0 Å². The molecule has 0 aliphatic rings. The van der Waals surface area contributed by atoms with E-state index in [2.05, 4.69) is 0 Å². The molecular formula is C14H18F3NO2. The summed E-state index contributed by atoms with van der Waals surface area (Å²) in [4.78, 5) is 12.5. The molecule has 0 aliphatic heterocycles. The summed E-state index contributed by atoms with van der Waals surface area (Å²) >= 11 is 0. The van der Waals surface area contributed by atoms with E-state index >= 15 is 0 Å². The Bertz CT molecular complexity index is 441. The van der Waals surface area contributed by atoms with E-state index in [9.17, 15) is 18.0 Å². The van der Waals surface area contributed by atoms with Crippen molar-refractivity contribution in [2.24, 2.45) is 5.92 Å². The zero-order valence-electron chi connectivity index (χ0n) is 11.4. The van der Waals surface area contributed by atoms with Crippen molar-refractivity contribution in [2.45, 2.75) is 26.6 Å². The SMILES string of the molecule is CC(C)CN(CC(=O)O)Cc1ccc(C(F)(F)F)cc1. The molecular weight excluding hydrogens is 271 g/mol. The molecule has 0 fully saturated rings. The number of nitrogens with zero attached hydrogens (tertiary/aromatic N) is 1. The summed E-state index contributed by atoms with van der Waals surface area (Å²) in [5.74, 6) is -0.665. The average molecular weight is 289 g/mol. The first-order valence-electron chi connectivity index (χ1n) is 6.28. The second-order valence-electron chi connectivity index (χ2n) is 5.15. The van der Waals surface area contributed by atoms with Crippen LogP contribution in [0, 0.1) is 5.92 Å². The number of carbonyl (C=O) groups is 1. The van der Waals surface area contributed by atoms with E-state index in [1.807, 2.05) is 13.8 Å². The summed E-state index contributed by atoms with van der Waals surface area (Å²) in [5.41, 5.74) is -0.0326. The van der Waals surface area contributed by atoms with Crippen LogP contribution in [0.5, 0.6) is 0 Å². The lowest BCUT2D eigenvalue weighted by molar-refractivity contribution is -0.139. The molecule has 0 spiro atoms. The van der Waals surface area contributed by atoms with Gasteiger partial charge in [-0.15, -0.1) is 0 Å². The van der Waals surface area contributed by atoms with Gasteiger partial charge in [-0.3, -0.25) is 9.69 Å². The molecule has 0 heterocycles. The molecule has 0 unspecified atom stereocenters. The van der Waals surface area contributed by atoms with E-state index in [1.165, 1.54) is 12.1 Å². The molecule has 0 saturated heterocycles. The Morgan fingerprint density at radius 1 is 1.25 bits per heavy atom. The van der Waals surface area contributed by atoms with Crippen molar-refractivity contribution in [2.75, 3.05) is 13.1 Å². The Morgan fingerprint density at radius 2 is 1.80 bits per heavy atom. The highest BCUT2D eigenvalue weighted by Gasteiger charge is 2.29. The summed E-state index contributed by atoms with van der Waals surface area (Å²) < 4.78 is 37.3. The number of hydrogen-bond donors (Lipinski definition) is 1. The first-order chi connectivity index (χ1) is 9.18. The van der Waals surface area contributed by atoms with Gasteiger partial charge in [0.25, 0.3) is 0 Å². The third kappa shape index (κ3) is 5.61. The molecule has 0 bridgehead atoms. The fourth-order valence-corrected chi connectivity index (χ4v) is 1.95. The van der Waals surface area contributed by atoms with Crippen LogP contribution in [0.2, 0.25) is 0 Å². The fraction of sp³-hybridized carbons (Fsp3) is 0.500. The molecule has 20 heavy (non-hydrogen) atoms. The number of benzene rings is 1. The Morgan fingerprint density at radius 3 is 2.20 bits per heavy atom. The fourth-order valence-electron chi connectivity index (χ4n) is 1.95. The van der Waals surface area contributed by atoms with Gasteiger partial charge in [-0.2, -0.15) is 13.2 Å². The predicted molar refractivity (Wildman–Crippen MR) is 69.2 cm³/mol. The van der Waals surface area contributed by atoms with Gasteiger partial charge < -0.3 is 5.11 Å². The third-order valence-corrected chi connectivity index (χ3v) is 2.67. The number of alkyl halides is 3. The van der Waals surface area contributed by atoms with Crippen molar-refractivity contribution >= 4 is 5.97 Å². The quantitative estimate of drug-likeness (QED) is 0.874. The van der Waals surface area contributed by atoms with Crippen molar-refractivity contribution in [3.8, 4) is 0 Å². The Kier molecular flexibility index (Phi) is 5.56. The van der Waals surface area contributed by atoms with E-state index < -0.39 is 17.7 Å². The highest BCUT2D eigenvalue weighted by Crippen LogP contribution is 2.29. The standard InChI is InChI=1S/C14H18F3NO2/c1-10(2)7-18(9-13(19)20)8-11-3-5-12(6-4-11)14(15,16)17/h3-6,10H,7-9H2,1-2H3,(H,19,20). The molecule has 1 N–H and O–H groups in total. The Balaban J connectivity index is 2.75. The van der Waals surface area contributed by atoms with Gasteiger partial charge in [-0.05, 0) is 23.6 Å². The van der Waals surface area contributed by atoms with Crippen LogP contribution in [0.15, 0.2) is 24.3 Å². The van der Waals surface area contributed by atoms with Crippen molar-refractivity contribution in [1.82, 2.24) is 4.90 Å². The van der Waals surface area contributed by atoms with Crippen LogP contribution in [0.4, 0.5) is 13.2 Å². The van der Waals surface area contributed by atoms with Crippen molar-refractivity contribution in [3.63, 3.8) is 0 Å². The molecule has 6 heteroatoms. The van der Waals surface area contributed by atoms with Gasteiger partial charge in [0.2, 0.25) is 0 Å². The van der Waals surface area contributed by atoms with Gasteiger partial charge in [0, 0.05) is 13.1 Å². The molecule has 0 aromatic heterocycles. The molecule has 0 atom stereocenters. The summed E-state index contributed by atoms with van der Waals surface area (Å²) in [6.45, 7) is 4.69. The molecule has 0 saturated carbocycles. The van der Waals surface area contributed by atoms with E-state index in [1.54, 1.807) is 4.90 Å². The largest absolute Gasteiger partial charge is 0.480 e. The summed E-state index contributed by atoms with van der Waals surface area (Å²) in [6, 6.07) is 4.81. The lowest BCUT2D eigenvalue weighted by atomic mass is 10.1. The maximum absolute atomic E-state index is 12.4. The lowest BCUT2D eigenvalue weighted by Crippen LogP contribution is -2.32. The Labute approximate surface area is 116 Å². The second kappa shape index (κ2) is 6.74. The van der Waals surface area contributed by atoms with E-state index in [-0.39, 0.29) is 12.5 Å². The van der Waals surface area contributed by atoms with Crippen molar-refractivity contribution in [1.29, 1.82) is 0 Å². The van der Waals surface area contributed by atoms with Gasteiger partial charge in [-0.1, -0.05) is 26.0 Å². The number of rotatable bonds is 6. The van der Waals surface area contributed by atoms with Crippen LogP contribution >= 0.6 is 0 Å². The maximum Gasteiger partial charge on any atom is 0.416 e. The smallest absolute Gasteiger partial charge is 0.416 e. The Hall–Kier alpha value is -1.56. The minimum atomic E-state index is -4.35. The van der Waals surface area contributed by atoms with Gasteiger partial charge in [0.15, 0.2) is 0 Å². The van der Waals surface area contributed by atoms with Crippen LogP contribution in [0.3, 0.4) is 0 Å². The molecule has 0 aliphatic carbocycles. The minimum Gasteiger partial charge on any atom is -0.480 e. The highest BCUT2D eigenvalue weighted by molar-refractivity contribution is 5.69. The molecule has 1 rings (SSSR count). The van der Waals surface area contributed by atoms with Crippen LogP contribution in [0.1, 0.15) is 25.0 Å². The van der Waals surface area contributed by atoms with E-state index in [0.29, 0.717) is 18.7 Å². The number of halogens is 3. The van der Waals surface area contributed by atoms with E-state index in [0.717, 1.165) is 12.1 Å². The topological polar surface area (TPSA) is 40.5 Å². The predicted octanol–water partition coefficient (Wildman–Crippen LogP) is 3.25. The number of carboxylic acids is 1. The van der Waals surface area contributed by atoms with Crippen LogP contribution < -0.4 is 0 Å². The summed E-state index contributed by atoms with van der Waals surface area (Å²) in [6.07, 6.45) is -4.35. The molecule has 1 aromatic carbocycles. The van der Waals surface area contributed by atoms with Crippen molar-refractivity contribution in [3.05, 3.63) is 35.4 Å². The molecule has 112 valence electrons. The monoisotopic (exact) mass is 289 g/mol. The van der Waals surface area contributed by atoms with Crippen LogP contribution in [-0.2, 0) is 17.5 Å². The maximum atomic E-state index is 12.4. The molecule has 1 aromatic rings. The minimum absolute atomic E-state index is 0.126. The lowest BCUT2D eigenvalue weighted by Gasteiger charge is -2.22. The molecule has 0 radical (unpaired) electrons. The highest BCUT2D eigenvalue weighted by atomic mass is 19.4. The third-order valence-electron chi connectivity index (χ3n) is 2.67. The first kappa shape index (κ1) is 16.5. The molecule has 3 nitrogen and oxygen atoms in total. The zero-order chi connectivity index (χ0) is 15.3. The normalized spacial score (nSPS) is 12.2. The number of carboxylic acid groups (broad SMARTS) is 1. The second-order valence-corrected chi connectivity index (χ2v) is 5.15. The van der Waals surface area contributed by atoms with Gasteiger partial charge in [0.1, 0.15) is 0 Å². The molecule has 0 amide bonds. The van der Waals surface area contributed by atoms with Crippen LogP contribution in [0.25, 0.3) is 0 Å². The van der Waals surface area contributed by atoms with Crippen LogP contribution in [-0.4, -0.2) is 29.1 Å². The summed E-state index contributed by atoms with van der Waals surface area (Å²) in [7, 11) is 0. The van der Waals surface area contributed by atoms with Gasteiger partial charge in [0.05, 0.1) is 12.1 Å². The zero-order valence-corrected chi connectivity index (χ0v) is 11.4. The van der Waals surface area contributed by atoms with E-state index in [4.69, 9.17) is 5.11 Å². The number of aliphatic carboxylic acids is 1. The summed E-state index contributed by atoms with van der Waals surface area (Å²) in [5, 5.41) is 8.84.